The van der Waals surface area contributed by atoms with Gasteiger partial charge in [0.05, 0.1) is 31.2 Å². The van der Waals surface area contributed by atoms with Crippen LogP contribution in [0.25, 0.3) is 0 Å². The van der Waals surface area contributed by atoms with Crippen LogP contribution in [0.5, 0.6) is 5.75 Å². The van der Waals surface area contributed by atoms with Crippen molar-refractivity contribution in [2.24, 2.45) is 0 Å². The summed E-state index contributed by atoms with van der Waals surface area (Å²) in [6.45, 7) is 2.34. The van der Waals surface area contributed by atoms with E-state index in [1.807, 2.05) is 6.07 Å². The van der Waals surface area contributed by atoms with Crippen LogP contribution in [0.2, 0.25) is 5.02 Å². The third-order valence-corrected chi connectivity index (χ3v) is 4.85. The van der Waals surface area contributed by atoms with Crippen molar-refractivity contribution in [1.29, 1.82) is 0 Å². The number of carbonyl (C=O) groups excluding carboxylic acids is 1. The lowest BCUT2D eigenvalue weighted by molar-refractivity contribution is 0.0302. The number of hydrogen-bond donors (Lipinski definition) is 2. The van der Waals surface area contributed by atoms with Crippen LogP contribution in [-0.2, 0) is 4.74 Å². The predicted molar refractivity (Wildman–Crippen MR) is 107 cm³/mol. The Labute approximate surface area is 168 Å². The number of anilines is 3. The highest BCUT2D eigenvalue weighted by atomic mass is 35.5. The lowest BCUT2D eigenvalue weighted by Crippen LogP contribution is -2.40. The van der Waals surface area contributed by atoms with Crippen molar-refractivity contribution in [1.82, 2.24) is 14.9 Å². The molecule has 4 rings (SSSR count). The Bertz CT molecular complexity index is 869. The second kappa shape index (κ2) is 8.20. The normalized spacial score (nSPS) is 16.6. The van der Waals surface area contributed by atoms with E-state index in [2.05, 4.69) is 20.6 Å². The molecule has 2 N–H and O–H groups in total. The van der Waals surface area contributed by atoms with Gasteiger partial charge in [0.25, 0.3) is 5.91 Å². The molecule has 1 aliphatic heterocycles. The second-order valence-corrected chi connectivity index (χ2v) is 7.11. The summed E-state index contributed by atoms with van der Waals surface area (Å²) in [5.74, 6) is 1.52. The Morgan fingerprint density at radius 3 is 2.82 bits per heavy atom. The Kier molecular flexibility index (Phi) is 5.50. The van der Waals surface area contributed by atoms with Gasteiger partial charge in [-0.1, -0.05) is 11.6 Å². The quantitative estimate of drug-likeness (QED) is 0.766. The van der Waals surface area contributed by atoms with Gasteiger partial charge in [0, 0.05) is 25.7 Å². The van der Waals surface area contributed by atoms with Crippen LogP contribution < -0.4 is 15.4 Å². The Hall–Kier alpha value is -2.58. The summed E-state index contributed by atoms with van der Waals surface area (Å²) in [7, 11) is 1.74. The molecule has 8 nitrogen and oxygen atoms in total. The minimum Gasteiger partial charge on any atom is -0.488 e. The highest BCUT2D eigenvalue weighted by Crippen LogP contribution is 2.34. The topological polar surface area (TPSA) is 88.6 Å². The first kappa shape index (κ1) is 18.8. The van der Waals surface area contributed by atoms with Crippen molar-refractivity contribution in [2.75, 3.05) is 44.0 Å². The van der Waals surface area contributed by atoms with Gasteiger partial charge < -0.3 is 25.0 Å². The summed E-state index contributed by atoms with van der Waals surface area (Å²) < 4.78 is 11.4. The maximum Gasteiger partial charge on any atom is 0.254 e. The van der Waals surface area contributed by atoms with E-state index in [-0.39, 0.29) is 12.0 Å². The van der Waals surface area contributed by atoms with Gasteiger partial charge in [-0.25, -0.2) is 4.98 Å². The van der Waals surface area contributed by atoms with Crippen LogP contribution in [0.4, 0.5) is 17.5 Å². The Morgan fingerprint density at radius 1 is 1.32 bits per heavy atom. The molecular weight excluding hydrogens is 382 g/mol. The van der Waals surface area contributed by atoms with Crippen LogP contribution in [0.1, 0.15) is 23.2 Å². The Morgan fingerprint density at radius 2 is 2.11 bits per heavy atom. The first-order valence-electron chi connectivity index (χ1n) is 9.29. The molecule has 1 amide bonds. The zero-order chi connectivity index (χ0) is 19.5. The molecule has 0 spiro atoms. The maximum atomic E-state index is 12.8. The molecule has 0 unspecified atom stereocenters. The molecule has 2 fully saturated rings. The third kappa shape index (κ3) is 4.28. The van der Waals surface area contributed by atoms with Gasteiger partial charge in [-0.05, 0) is 31.0 Å². The fourth-order valence-electron chi connectivity index (χ4n) is 2.89. The number of benzene rings is 1. The standard InChI is InChI=1S/C19H22ClN5O3/c1-21-17-14(20)11-22-19(24-17)23-15-5-2-12(10-16(15)28-13-3-4-13)18(26)25-6-8-27-9-7-25/h2,5,10-11,13H,3-4,6-9H2,1H3,(H2,21,22,23,24). The summed E-state index contributed by atoms with van der Waals surface area (Å²) in [6.07, 6.45) is 3.75. The number of aromatic nitrogens is 2. The SMILES string of the molecule is CNc1nc(Nc2ccc(C(=O)N3CCOCC3)cc2OC2CC2)ncc1Cl. The number of morpholine rings is 1. The number of nitrogens with zero attached hydrogens (tertiary/aromatic N) is 3. The van der Waals surface area contributed by atoms with Crippen LogP contribution in [0, 0.1) is 0 Å². The van der Waals surface area contributed by atoms with Gasteiger partial charge in [-0.2, -0.15) is 4.98 Å². The predicted octanol–water partition coefficient (Wildman–Crippen LogP) is 2.93. The summed E-state index contributed by atoms with van der Waals surface area (Å²) >= 11 is 6.05. The largest absolute Gasteiger partial charge is 0.488 e. The number of hydrogen-bond acceptors (Lipinski definition) is 7. The van der Waals surface area contributed by atoms with Gasteiger partial charge in [-0.15, -0.1) is 0 Å². The molecule has 0 bridgehead atoms. The number of ether oxygens (including phenoxy) is 2. The first-order valence-corrected chi connectivity index (χ1v) is 9.67. The number of nitrogens with one attached hydrogen (secondary N) is 2. The van der Waals surface area contributed by atoms with E-state index < -0.39 is 0 Å². The average Bonchev–Trinajstić information content (AvgIpc) is 3.55. The van der Waals surface area contributed by atoms with Crippen molar-refractivity contribution in [2.45, 2.75) is 18.9 Å². The average molecular weight is 404 g/mol. The highest BCUT2D eigenvalue weighted by Gasteiger charge is 2.26. The smallest absolute Gasteiger partial charge is 0.254 e. The van der Waals surface area contributed by atoms with Crippen molar-refractivity contribution < 1.29 is 14.3 Å². The van der Waals surface area contributed by atoms with Crippen molar-refractivity contribution in [3.8, 4) is 5.75 Å². The van der Waals surface area contributed by atoms with E-state index in [4.69, 9.17) is 21.1 Å². The number of amides is 1. The lowest BCUT2D eigenvalue weighted by atomic mass is 10.1. The van der Waals surface area contributed by atoms with Crippen LogP contribution >= 0.6 is 11.6 Å². The van der Waals surface area contributed by atoms with E-state index >= 15 is 0 Å². The Balaban J connectivity index is 1.58. The molecular formula is C19H22ClN5O3. The van der Waals surface area contributed by atoms with Crippen LogP contribution in [-0.4, -0.2) is 60.2 Å². The molecule has 148 valence electrons. The number of rotatable bonds is 6. The molecule has 2 aliphatic rings. The van der Waals surface area contributed by atoms with E-state index in [1.54, 1.807) is 24.1 Å². The lowest BCUT2D eigenvalue weighted by Gasteiger charge is -2.27. The number of carbonyl (C=O) groups is 1. The molecule has 2 heterocycles. The summed E-state index contributed by atoms with van der Waals surface area (Å²) in [4.78, 5) is 23.1. The van der Waals surface area contributed by atoms with Crippen LogP contribution in [0.3, 0.4) is 0 Å². The maximum absolute atomic E-state index is 12.8. The molecule has 1 aromatic heterocycles. The summed E-state index contributed by atoms with van der Waals surface area (Å²) in [6, 6.07) is 5.39. The molecule has 9 heteroatoms. The fourth-order valence-corrected chi connectivity index (χ4v) is 3.08. The highest BCUT2D eigenvalue weighted by molar-refractivity contribution is 6.32. The van der Waals surface area contributed by atoms with E-state index in [0.29, 0.717) is 60.1 Å². The van der Waals surface area contributed by atoms with E-state index in [1.165, 1.54) is 6.20 Å². The second-order valence-electron chi connectivity index (χ2n) is 6.70. The van der Waals surface area contributed by atoms with E-state index in [9.17, 15) is 4.79 Å². The van der Waals surface area contributed by atoms with Gasteiger partial charge in [0.15, 0.2) is 0 Å². The van der Waals surface area contributed by atoms with Crippen molar-refractivity contribution in [3.05, 3.63) is 35.0 Å². The molecule has 1 saturated heterocycles. The minimum atomic E-state index is -0.0179. The van der Waals surface area contributed by atoms with E-state index in [0.717, 1.165) is 12.8 Å². The zero-order valence-corrected chi connectivity index (χ0v) is 16.3. The van der Waals surface area contributed by atoms with Crippen molar-refractivity contribution >= 4 is 35.0 Å². The molecule has 1 saturated carbocycles. The minimum absolute atomic E-state index is 0.0179. The zero-order valence-electron chi connectivity index (χ0n) is 15.6. The fraction of sp³-hybridized carbons (Fsp3) is 0.421. The number of halogens is 1. The van der Waals surface area contributed by atoms with Gasteiger partial charge in [0.2, 0.25) is 5.95 Å². The molecule has 0 radical (unpaired) electrons. The monoisotopic (exact) mass is 403 g/mol. The molecule has 1 aromatic carbocycles. The molecule has 28 heavy (non-hydrogen) atoms. The molecule has 2 aromatic rings. The first-order chi connectivity index (χ1) is 13.6. The molecule has 0 atom stereocenters. The molecule has 1 aliphatic carbocycles. The third-order valence-electron chi connectivity index (χ3n) is 4.57. The van der Waals surface area contributed by atoms with Gasteiger partial charge in [0.1, 0.15) is 16.6 Å². The van der Waals surface area contributed by atoms with Crippen LogP contribution in [0.15, 0.2) is 24.4 Å². The summed E-state index contributed by atoms with van der Waals surface area (Å²) in [5.41, 5.74) is 1.30. The van der Waals surface area contributed by atoms with Gasteiger partial charge in [-0.3, -0.25) is 4.79 Å². The summed E-state index contributed by atoms with van der Waals surface area (Å²) in [5, 5.41) is 6.53. The van der Waals surface area contributed by atoms with Crippen molar-refractivity contribution in [3.63, 3.8) is 0 Å². The van der Waals surface area contributed by atoms with Gasteiger partial charge >= 0.3 is 0 Å².